The van der Waals surface area contributed by atoms with E-state index in [2.05, 4.69) is 15.5 Å². The molecular weight excluding hydrogens is 474 g/mol. The maximum absolute atomic E-state index is 11.9. The molecule has 13 heteroatoms. The van der Waals surface area contributed by atoms with Gasteiger partial charge < -0.3 is 10.1 Å². The summed E-state index contributed by atoms with van der Waals surface area (Å²) in [6.07, 6.45) is 0. The van der Waals surface area contributed by atoms with Crippen molar-refractivity contribution in [1.29, 1.82) is 0 Å². The first-order valence-corrected chi connectivity index (χ1v) is 12.1. The standard InChI is InChI=1S/C20H19N3O8S2/c1-11-7-16(21-12(2)24)17(10-18(11)31-3)23-22-13-8-15-14(20(9-13)33(28,29)30)5-4-6-19(15)32(25,26)27/h4-10H,1-3H3,(H,21,24)(H,25,26,27)(H,28,29,30). The van der Waals surface area contributed by atoms with Crippen molar-refractivity contribution in [2.45, 2.75) is 23.6 Å². The molecule has 0 fully saturated rings. The summed E-state index contributed by atoms with van der Waals surface area (Å²) in [4.78, 5) is 10.4. The molecular formula is C20H19N3O8S2. The van der Waals surface area contributed by atoms with Crippen molar-refractivity contribution < 1.29 is 35.5 Å². The summed E-state index contributed by atoms with van der Waals surface area (Å²) in [5.74, 6) is 0.0806. The van der Waals surface area contributed by atoms with E-state index in [-0.39, 0.29) is 28.1 Å². The molecule has 3 rings (SSSR count). The Hall–Kier alpha value is -3.39. The fourth-order valence-corrected chi connectivity index (χ4v) is 4.61. The van der Waals surface area contributed by atoms with Crippen molar-refractivity contribution in [3.63, 3.8) is 0 Å². The molecule has 0 aliphatic heterocycles. The predicted molar refractivity (Wildman–Crippen MR) is 120 cm³/mol. The molecule has 3 aromatic rings. The van der Waals surface area contributed by atoms with Gasteiger partial charge in [-0.05, 0) is 36.8 Å². The van der Waals surface area contributed by atoms with Crippen molar-refractivity contribution in [1.82, 2.24) is 0 Å². The van der Waals surface area contributed by atoms with Gasteiger partial charge in [0.15, 0.2) is 0 Å². The summed E-state index contributed by atoms with van der Waals surface area (Å²) in [6, 6.07) is 8.87. The zero-order valence-corrected chi connectivity index (χ0v) is 19.2. The molecule has 0 saturated carbocycles. The molecule has 0 aliphatic carbocycles. The average molecular weight is 494 g/mol. The summed E-state index contributed by atoms with van der Waals surface area (Å²) in [7, 11) is -8.07. The fraction of sp³-hybridized carbons (Fsp3) is 0.150. The fourth-order valence-electron chi connectivity index (χ4n) is 3.19. The molecule has 0 saturated heterocycles. The lowest BCUT2D eigenvalue weighted by Gasteiger charge is -2.11. The number of rotatable bonds is 6. The van der Waals surface area contributed by atoms with E-state index < -0.39 is 30.0 Å². The van der Waals surface area contributed by atoms with Crippen LogP contribution in [-0.2, 0) is 25.0 Å². The Morgan fingerprint density at radius 2 is 1.61 bits per heavy atom. The highest BCUT2D eigenvalue weighted by Crippen LogP contribution is 2.36. The van der Waals surface area contributed by atoms with Crippen LogP contribution in [0.1, 0.15) is 12.5 Å². The number of hydrogen-bond acceptors (Lipinski definition) is 8. The summed E-state index contributed by atoms with van der Waals surface area (Å²) >= 11 is 0. The van der Waals surface area contributed by atoms with Crippen LogP contribution in [0.2, 0.25) is 0 Å². The van der Waals surface area contributed by atoms with Crippen LogP contribution < -0.4 is 10.1 Å². The number of benzene rings is 3. The van der Waals surface area contributed by atoms with Crippen LogP contribution in [0, 0.1) is 6.92 Å². The SMILES string of the molecule is COc1cc(N=Nc2cc(S(=O)(=O)O)c3cccc(S(=O)(=O)O)c3c2)c(NC(C)=O)cc1C. The molecule has 0 aliphatic rings. The number of amides is 1. The Balaban J connectivity index is 2.26. The second-order valence-electron chi connectivity index (χ2n) is 6.97. The lowest BCUT2D eigenvalue weighted by Crippen LogP contribution is -2.06. The van der Waals surface area contributed by atoms with Crippen LogP contribution in [0.4, 0.5) is 17.1 Å². The quantitative estimate of drug-likeness (QED) is 0.341. The number of anilines is 1. The maximum Gasteiger partial charge on any atom is 0.295 e. The molecule has 0 unspecified atom stereocenters. The minimum absolute atomic E-state index is 0.137. The molecule has 174 valence electrons. The van der Waals surface area contributed by atoms with E-state index in [9.17, 15) is 30.7 Å². The molecule has 3 N–H and O–H groups in total. The molecule has 0 heterocycles. The second-order valence-corrected chi connectivity index (χ2v) is 9.75. The summed E-state index contributed by atoms with van der Waals surface area (Å²) in [6.45, 7) is 3.06. The maximum atomic E-state index is 11.9. The third-order valence-electron chi connectivity index (χ3n) is 4.56. The van der Waals surface area contributed by atoms with Gasteiger partial charge in [-0.25, -0.2) is 0 Å². The second kappa shape index (κ2) is 8.86. The smallest absolute Gasteiger partial charge is 0.295 e. The molecule has 1 amide bonds. The summed E-state index contributed by atoms with van der Waals surface area (Å²) in [5.41, 5.74) is 1.04. The van der Waals surface area contributed by atoms with Gasteiger partial charge in [0.05, 0.1) is 18.5 Å². The molecule has 0 spiro atoms. The zero-order chi connectivity index (χ0) is 24.6. The normalized spacial score (nSPS) is 12.3. The molecule has 0 bridgehead atoms. The number of aryl methyl sites for hydroxylation is 1. The van der Waals surface area contributed by atoms with E-state index in [1.807, 2.05) is 0 Å². The summed E-state index contributed by atoms with van der Waals surface area (Å²) < 4.78 is 71.9. The summed E-state index contributed by atoms with van der Waals surface area (Å²) in [5, 5.41) is 10.3. The Kier molecular flexibility index (Phi) is 6.51. The van der Waals surface area contributed by atoms with E-state index in [0.29, 0.717) is 17.0 Å². The van der Waals surface area contributed by atoms with Gasteiger partial charge in [-0.15, -0.1) is 5.11 Å². The number of nitrogens with zero attached hydrogens (tertiary/aromatic N) is 2. The van der Waals surface area contributed by atoms with Crippen molar-refractivity contribution in [3.8, 4) is 5.75 Å². The van der Waals surface area contributed by atoms with Crippen molar-refractivity contribution in [2.24, 2.45) is 10.2 Å². The van der Waals surface area contributed by atoms with Crippen LogP contribution in [0.15, 0.2) is 62.5 Å². The third-order valence-corrected chi connectivity index (χ3v) is 6.36. The number of carbonyl (C=O) groups excluding carboxylic acids is 1. The van der Waals surface area contributed by atoms with E-state index >= 15 is 0 Å². The van der Waals surface area contributed by atoms with Gasteiger partial charge in [-0.2, -0.15) is 21.9 Å². The Morgan fingerprint density at radius 1 is 0.939 bits per heavy atom. The Bertz CT molecular complexity index is 1510. The molecule has 33 heavy (non-hydrogen) atoms. The van der Waals surface area contributed by atoms with E-state index in [1.54, 1.807) is 13.0 Å². The number of fused-ring (bicyclic) bond motifs is 1. The Morgan fingerprint density at radius 3 is 2.18 bits per heavy atom. The van der Waals surface area contributed by atoms with Crippen LogP contribution in [-0.4, -0.2) is 39.0 Å². The lowest BCUT2D eigenvalue weighted by molar-refractivity contribution is -0.114. The largest absolute Gasteiger partial charge is 0.496 e. The van der Waals surface area contributed by atoms with Crippen molar-refractivity contribution >= 4 is 54.0 Å². The van der Waals surface area contributed by atoms with Gasteiger partial charge in [0.1, 0.15) is 21.2 Å². The molecule has 3 aromatic carbocycles. The van der Waals surface area contributed by atoms with Gasteiger partial charge >= 0.3 is 0 Å². The molecule has 11 nitrogen and oxygen atoms in total. The minimum Gasteiger partial charge on any atom is -0.496 e. The molecule has 0 atom stereocenters. The zero-order valence-electron chi connectivity index (χ0n) is 17.6. The highest BCUT2D eigenvalue weighted by atomic mass is 32.2. The Labute approximate surface area is 189 Å². The highest BCUT2D eigenvalue weighted by Gasteiger charge is 2.21. The van der Waals surface area contributed by atoms with E-state index in [1.165, 1.54) is 38.3 Å². The number of nitrogens with one attached hydrogen (secondary N) is 1. The first-order chi connectivity index (χ1) is 15.3. The highest BCUT2D eigenvalue weighted by molar-refractivity contribution is 7.86. The van der Waals surface area contributed by atoms with Crippen LogP contribution >= 0.6 is 0 Å². The average Bonchev–Trinajstić information content (AvgIpc) is 2.70. The minimum atomic E-state index is -4.79. The van der Waals surface area contributed by atoms with Gasteiger partial charge in [0.25, 0.3) is 20.2 Å². The predicted octanol–water partition coefficient (Wildman–Crippen LogP) is 4.02. The number of azo groups is 1. The van der Waals surface area contributed by atoms with Crippen LogP contribution in [0.25, 0.3) is 10.8 Å². The topological polar surface area (TPSA) is 172 Å². The van der Waals surface area contributed by atoms with Crippen LogP contribution in [0.3, 0.4) is 0 Å². The van der Waals surface area contributed by atoms with E-state index in [4.69, 9.17) is 4.74 Å². The number of hydrogen-bond donors (Lipinski definition) is 3. The van der Waals surface area contributed by atoms with Crippen molar-refractivity contribution in [3.05, 3.63) is 48.0 Å². The molecule has 0 radical (unpaired) electrons. The first kappa shape index (κ1) is 24.3. The van der Waals surface area contributed by atoms with Crippen LogP contribution in [0.5, 0.6) is 5.75 Å². The van der Waals surface area contributed by atoms with Gasteiger partial charge in [0, 0.05) is 23.8 Å². The monoisotopic (exact) mass is 493 g/mol. The first-order valence-electron chi connectivity index (χ1n) is 9.21. The number of carbonyl (C=O) groups is 1. The molecule has 0 aromatic heterocycles. The van der Waals surface area contributed by atoms with E-state index in [0.717, 1.165) is 12.1 Å². The van der Waals surface area contributed by atoms with Gasteiger partial charge in [-0.3, -0.25) is 13.9 Å². The van der Waals surface area contributed by atoms with Crippen molar-refractivity contribution in [2.75, 3.05) is 12.4 Å². The lowest BCUT2D eigenvalue weighted by atomic mass is 10.1. The third kappa shape index (κ3) is 5.34. The van der Waals surface area contributed by atoms with Gasteiger partial charge in [0.2, 0.25) is 5.91 Å². The number of ether oxygens (including phenoxy) is 1. The number of methoxy groups -OCH3 is 1. The van der Waals surface area contributed by atoms with Gasteiger partial charge in [-0.1, -0.05) is 12.1 Å².